The van der Waals surface area contributed by atoms with E-state index in [1.54, 1.807) is 30.0 Å². The second kappa shape index (κ2) is 10.3. The quantitative estimate of drug-likeness (QED) is 0.462. The topological polar surface area (TPSA) is 104 Å². The summed E-state index contributed by atoms with van der Waals surface area (Å²) in [5.74, 6) is -1.97. The van der Waals surface area contributed by atoms with Crippen LogP contribution in [0.3, 0.4) is 0 Å². The van der Waals surface area contributed by atoms with E-state index in [0.29, 0.717) is 10.0 Å². The van der Waals surface area contributed by atoms with Gasteiger partial charge in [-0.15, -0.1) is 0 Å². The molecule has 0 radical (unpaired) electrons. The fourth-order valence-electron chi connectivity index (χ4n) is 5.48. The number of carbonyl (C=O) groups excluding carboxylic acids is 1. The SMILES string of the molecule is CNS(=O)(=O)C[C@H](C1CC1)N1C(=O)[C@@](C)(CC(=O)O)CC(c2cccc(Cl)c2)[C@H]1c1ccc(Cl)cc1. The number of sulfonamides is 1. The molecule has 0 spiro atoms. The third kappa shape index (κ3) is 5.72. The molecule has 4 rings (SSSR count). The van der Waals surface area contributed by atoms with Crippen LogP contribution in [-0.2, 0) is 19.6 Å². The molecule has 1 amide bonds. The third-order valence-electron chi connectivity index (χ3n) is 7.36. The molecule has 1 aliphatic carbocycles. The maximum Gasteiger partial charge on any atom is 0.304 e. The van der Waals surface area contributed by atoms with Gasteiger partial charge in [0.1, 0.15) is 0 Å². The number of rotatable bonds is 9. The molecule has 1 aliphatic heterocycles. The maximum atomic E-state index is 14.2. The van der Waals surface area contributed by atoms with Crippen molar-refractivity contribution in [2.24, 2.45) is 11.3 Å². The van der Waals surface area contributed by atoms with Crippen molar-refractivity contribution in [1.82, 2.24) is 9.62 Å². The molecule has 1 unspecified atom stereocenters. The normalized spacial score (nSPS) is 25.6. The van der Waals surface area contributed by atoms with Gasteiger partial charge in [0.15, 0.2) is 0 Å². The van der Waals surface area contributed by atoms with E-state index in [2.05, 4.69) is 4.72 Å². The van der Waals surface area contributed by atoms with Crippen molar-refractivity contribution in [3.63, 3.8) is 0 Å². The summed E-state index contributed by atoms with van der Waals surface area (Å²) in [5.41, 5.74) is 0.448. The van der Waals surface area contributed by atoms with Crippen LogP contribution >= 0.6 is 23.2 Å². The van der Waals surface area contributed by atoms with Crippen LogP contribution in [-0.4, -0.2) is 49.1 Å². The molecular weight excluding hydrogens is 523 g/mol. The monoisotopic (exact) mass is 552 g/mol. The van der Waals surface area contributed by atoms with Crippen LogP contribution in [0.4, 0.5) is 0 Å². The molecule has 2 fully saturated rings. The average molecular weight is 554 g/mol. The van der Waals surface area contributed by atoms with Crippen LogP contribution in [0.2, 0.25) is 10.0 Å². The molecule has 10 heteroatoms. The summed E-state index contributed by atoms with van der Waals surface area (Å²) < 4.78 is 27.9. The van der Waals surface area contributed by atoms with Crippen molar-refractivity contribution in [3.8, 4) is 0 Å². The number of carboxylic acids is 1. The predicted octanol–water partition coefficient (Wildman–Crippen LogP) is 4.86. The van der Waals surface area contributed by atoms with Crippen molar-refractivity contribution in [3.05, 3.63) is 69.7 Å². The first-order valence-corrected chi connectivity index (χ1v) is 14.3. The fourth-order valence-corrected chi connectivity index (χ4v) is 6.85. The Hall–Kier alpha value is -2.13. The zero-order chi connectivity index (χ0) is 26.3. The summed E-state index contributed by atoms with van der Waals surface area (Å²) in [6, 6.07) is 13.4. The van der Waals surface area contributed by atoms with Crippen molar-refractivity contribution in [2.75, 3.05) is 12.8 Å². The smallest absolute Gasteiger partial charge is 0.304 e. The number of hydrogen-bond acceptors (Lipinski definition) is 4. The maximum absolute atomic E-state index is 14.2. The van der Waals surface area contributed by atoms with Gasteiger partial charge in [0.25, 0.3) is 0 Å². The lowest BCUT2D eigenvalue weighted by molar-refractivity contribution is -0.160. The molecule has 2 aliphatic rings. The van der Waals surface area contributed by atoms with Gasteiger partial charge in [0.2, 0.25) is 15.9 Å². The minimum atomic E-state index is -3.66. The number of halogens is 2. The molecule has 1 saturated heterocycles. The largest absolute Gasteiger partial charge is 0.481 e. The van der Waals surface area contributed by atoms with Gasteiger partial charge < -0.3 is 10.0 Å². The number of nitrogens with one attached hydrogen (secondary N) is 1. The number of likely N-dealkylation sites (tertiary alicyclic amines) is 1. The summed E-state index contributed by atoms with van der Waals surface area (Å²) in [7, 11) is -2.30. The van der Waals surface area contributed by atoms with Gasteiger partial charge >= 0.3 is 5.97 Å². The Morgan fingerprint density at radius 1 is 1.14 bits per heavy atom. The summed E-state index contributed by atoms with van der Waals surface area (Å²) in [6.45, 7) is 1.67. The molecule has 194 valence electrons. The van der Waals surface area contributed by atoms with Gasteiger partial charge in [0.05, 0.1) is 29.7 Å². The van der Waals surface area contributed by atoms with E-state index < -0.39 is 33.5 Å². The minimum Gasteiger partial charge on any atom is -0.481 e. The number of carbonyl (C=O) groups is 2. The average Bonchev–Trinajstić information content (AvgIpc) is 3.65. The Morgan fingerprint density at radius 2 is 1.81 bits per heavy atom. The second-order valence-electron chi connectivity index (χ2n) is 10.1. The summed E-state index contributed by atoms with van der Waals surface area (Å²) >= 11 is 12.5. The Kier molecular flexibility index (Phi) is 7.72. The van der Waals surface area contributed by atoms with Crippen LogP contribution in [0, 0.1) is 11.3 Å². The van der Waals surface area contributed by atoms with Gasteiger partial charge in [0, 0.05) is 16.0 Å². The Bertz CT molecular complexity index is 1250. The first-order valence-electron chi connectivity index (χ1n) is 11.9. The second-order valence-corrected chi connectivity index (χ2v) is 12.9. The van der Waals surface area contributed by atoms with Crippen LogP contribution in [0.25, 0.3) is 0 Å². The van der Waals surface area contributed by atoms with E-state index in [0.717, 1.165) is 24.0 Å². The number of piperidine rings is 1. The number of carboxylic acid groups (broad SMARTS) is 1. The van der Waals surface area contributed by atoms with Crippen LogP contribution in [0.15, 0.2) is 48.5 Å². The molecule has 36 heavy (non-hydrogen) atoms. The number of benzene rings is 2. The van der Waals surface area contributed by atoms with E-state index in [-0.39, 0.29) is 36.3 Å². The molecule has 1 heterocycles. The van der Waals surface area contributed by atoms with Crippen LogP contribution < -0.4 is 4.72 Å². The highest BCUT2D eigenvalue weighted by molar-refractivity contribution is 7.89. The first-order chi connectivity index (χ1) is 16.9. The molecule has 2 aromatic carbocycles. The van der Waals surface area contributed by atoms with E-state index in [9.17, 15) is 23.1 Å². The number of hydrogen-bond donors (Lipinski definition) is 2. The Balaban J connectivity index is 1.93. The van der Waals surface area contributed by atoms with Gasteiger partial charge in [-0.05, 0) is 67.6 Å². The zero-order valence-electron chi connectivity index (χ0n) is 20.2. The standard InChI is InChI=1S/C26H30Cl2N2O5S/c1-26(14-23(31)32)13-21(18-4-3-5-20(28)12-18)24(17-8-10-19(27)11-9-17)30(25(26)33)22(16-6-7-16)15-36(34,35)29-2/h3-5,8-12,16,21-22,24,29H,6-7,13-15H2,1-2H3,(H,31,32)/t21?,22-,24-,26-/m1/s1. The van der Waals surface area contributed by atoms with Crippen molar-refractivity contribution in [2.45, 2.75) is 50.6 Å². The van der Waals surface area contributed by atoms with Gasteiger partial charge in [-0.25, -0.2) is 13.1 Å². The van der Waals surface area contributed by atoms with E-state index in [1.807, 2.05) is 30.3 Å². The molecule has 2 N–H and O–H groups in total. The highest BCUT2D eigenvalue weighted by Crippen LogP contribution is 2.54. The molecule has 2 aromatic rings. The predicted molar refractivity (Wildman–Crippen MR) is 140 cm³/mol. The van der Waals surface area contributed by atoms with Crippen molar-refractivity contribution >= 4 is 45.1 Å². The molecular formula is C26H30Cl2N2O5S. The van der Waals surface area contributed by atoms with Crippen molar-refractivity contribution < 1.29 is 23.1 Å². The lowest BCUT2D eigenvalue weighted by Gasteiger charge is -2.52. The summed E-state index contributed by atoms with van der Waals surface area (Å²) in [5, 5.41) is 10.8. The van der Waals surface area contributed by atoms with E-state index in [1.165, 1.54) is 7.05 Å². The van der Waals surface area contributed by atoms with E-state index in [4.69, 9.17) is 23.2 Å². The zero-order valence-corrected chi connectivity index (χ0v) is 22.5. The van der Waals surface area contributed by atoms with Crippen LogP contribution in [0.5, 0.6) is 0 Å². The first kappa shape index (κ1) is 26.9. The summed E-state index contributed by atoms with van der Waals surface area (Å²) in [4.78, 5) is 27.8. The lowest BCUT2D eigenvalue weighted by Crippen LogP contribution is -2.58. The van der Waals surface area contributed by atoms with Gasteiger partial charge in [-0.3, -0.25) is 9.59 Å². The Labute approximate surface area is 221 Å². The highest BCUT2D eigenvalue weighted by Gasteiger charge is 2.55. The Morgan fingerprint density at radius 3 is 2.36 bits per heavy atom. The summed E-state index contributed by atoms with van der Waals surface area (Å²) in [6.07, 6.45) is 1.53. The number of aliphatic carboxylic acids is 1. The molecule has 0 aromatic heterocycles. The van der Waals surface area contributed by atoms with E-state index >= 15 is 0 Å². The molecule has 0 bridgehead atoms. The molecule has 1 saturated carbocycles. The highest BCUT2D eigenvalue weighted by atomic mass is 35.5. The minimum absolute atomic E-state index is 0.0130. The molecule has 7 nitrogen and oxygen atoms in total. The number of nitrogens with zero attached hydrogens (tertiary/aromatic N) is 1. The van der Waals surface area contributed by atoms with Crippen LogP contribution in [0.1, 0.15) is 55.7 Å². The third-order valence-corrected chi connectivity index (χ3v) is 9.25. The van der Waals surface area contributed by atoms with Crippen molar-refractivity contribution in [1.29, 1.82) is 0 Å². The van der Waals surface area contributed by atoms with Gasteiger partial charge in [-0.2, -0.15) is 0 Å². The fraction of sp³-hybridized carbons (Fsp3) is 0.462. The number of amides is 1. The lowest BCUT2D eigenvalue weighted by atomic mass is 9.67. The molecule has 4 atom stereocenters. The van der Waals surface area contributed by atoms with Gasteiger partial charge in [-0.1, -0.05) is 54.4 Å².